The molecular formula is C21H17FN4O3S2. The molecular weight excluding hydrogens is 439 g/mol. The van der Waals surface area contributed by atoms with Crippen LogP contribution in [0.2, 0.25) is 0 Å². The molecule has 0 aliphatic carbocycles. The summed E-state index contributed by atoms with van der Waals surface area (Å²) in [7, 11) is -3.75. The Morgan fingerprint density at radius 1 is 0.935 bits per heavy atom. The molecule has 0 fully saturated rings. The van der Waals surface area contributed by atoms with E-state index in [2.05, 4.69) is 20.3 Å². The Balaban J connectivity index is 1.48. The zero-order valence-electron chi connectivity index (χ0n) is 16.2. The van der Waals surface area contributed by atoms with Crippen molar-refractivity contribution in [2.75, 3.05) is 15.4 Å². The number of amides is 2. The van der Waals surface area contributed by atoms with Crippen molar-refractivity contribution in [2.24, 2.45) is 0 Å². The first-order valence-electron chi connectivity index (χ1n) is 9.12. The lowest BCUT2D eigenvalue weighted by Gasteiger charge is -2.07. The van der Waals surface area contributed by atoms with Gasteiger partial charge in [-0.05, 0) is 61.5 Å². The van der Waals surface area contributed by atoms with Crippen LogP contribution in [0.5, 0.6) is 0 Å². The van der Waals surface area contributed by atoms with Crippen molar-refractivity contribution in [3.63, 3.8) is 0 Å². The maximum Gasteiger partial charge on any atom is 0.323 e. The number of hydrogen-bond donors (Lipinski definition) is 3. The van der Waals surface area contributed by atoms with Crippen molar-refractivity contribution in [2.45, 2.75) is 11.8 Å². The number of rotatable bonds is 5. The van der Waals surface area contributed by atoms with Gasteiger partial charge in [-0.2, -0.15) is 0 Å². The third-order valence-corrected chi connectivity index (χ3v) is 6.74. The molecule has 1 heterocycles. The molecule has 0 spiro atoms. The Labute approximate surface area is 182 Å². The van der Waals surface area contributed by atoms with Gasteiger partial charge in [-0.15, -0.1) is 0 Å². The molecule has 0 aliphatic heterocycles. The van der Waals surface area contributed by atoms with Gasteiger partial charge in [0.05, 0.1) is 15.1 Å². The largest absolute Gasteiger partial charge is 0.323 e. The summed E-state index contributed by atoms with van der Waals surface area (Å²) in [5.74, 6) is -0.395. The third kappa shape index (κ3) is 4.98. The van der Waals surface area contributed by atoms with Crippen molar-refractivity contribution >= 4 is 54.1 Å². The van der Waals surface area contributed by atoms with Crippen LogP contribution in [0.15, 0.2) is 71.6 Å². The fourth-order valence-electron chi connectivity index (χ4n) is 2.77. The summed E-state index contributed by atoms with van der Waals surface area (Å²) in [6, 6.07) is 16.5. The highest BCUT2D eigenvalue weighted by atomic mass is 32.2. The van der Waals surface area contributed by atoms with Crippen LogP contribution in [-0.2, 0) is 10.0 Å². The molecule has 7 nitrogen and oxygen atoms in total. The Hall–Kier alpha value is -3.50. The highest BCUT2D eigenvalue weighted by Gasteiger charge is 2.16. The zero-order valence-corrected chi connectivity index (χ0v) is 17.9. The monoisotopic (exact) mass is 456 g/mol. The summed E-state index contributed by atoms with van der Waals surface area (Å²) in [6.07, 6.45) is 0. The molecule has 4 aromatic rings. The normalized spacial score (nSPS) is 11.3. The second-order valence-electron chi connectivity index (χ2n) is 6.71. The van der Waals surface area contributed by atoms with Crippen molar-refractivity contribution in [1.29, 1.82) is 0 Å². The Morgan fingerprint density at radius 2 is 1.58 bits per heavy atom. The second kappa shape index (κ2) is 8.32. The first-order chi connectivity index (χ1) is 14.8. The van der Waals surface area contributed by atoms with E-state index in [-0.39, 0.29) is 10.0 Å². The number of hydrogen-bond acceptors (Lipinski definition) is 5. The quantitative estimate of drug-likeness (QED) is 0.385. The van der Waals surface area contributed by atoms with Crippen LogP contribution >= 0.6 is 11.3 Å². The average Bonchev–Trinajstić information content (AvgIpc) is 3.10. The zero-order chi connectivity index (χ0) is 22.0. The molecule has 31 heavy (non-hydrogen) atoms. The number of carbonyl (C=O) groups excluding carboxylic acids is 1. The molecule has 1 aromatic heterocycles. The van der Waals surface area contributed by atoms with E-state index < -0.39 is 21.9 Å². The lowest BCUT2D eigenvalue weighted by molar-refractivity contribution is 0.262. The lowest BCUT2D eigenvalue weighted by Crippen LogP contribution is -2.19. The number of nitrogens with zero attached hydrogens (tertiary/aromatic N) is 1. The van der Waals surface area contributed by atoms with E-state index >= 15 is 0 Å². The van der Waals surface area contributed by atoms with E-state index in [1.807, 2.05) is 6.92 Å². The third-order valence-electron chi connectivity index (χ3n) is 4.30. The van der Waals surface area contributed by atoms with E-state index in [9.17, 15) is 17.6 Å². The molecule has 3 aromatic carbocycles. The molecule has 0 saturated carbocycles. The van der Waals surface area contributed by atoms with Gasteiger partial charge in [0.1, 0.15) is 5.82 Å². The first-order valence-corrected chi connectivity index (χ1v) is 11.4. The van der Waals surface area contributed by atoms with Crippen LogP contribution in [0.3, 0.4) is 0 Å². The summed E-state index contributed by atoms with van der Waals surface area (Å²) in [6.45, 7) is 1.88. The van der Waals surface area contributed by atoms with E-state index in [0.29, 0.717) is 16.9 Å². The minimum atomic E-state index is -3.75. The summed E-state index contributed by atoms with van der Waals surface area (Å²) >= 11 is 1.19. The number of anilines is 3. The van der Waals surface area contributed by atoms with E-state index in [4.69, 9.17) is 0 Å². The Kier molecular flexibility index (Phi) is 5.57. The van der Waals surface area contributed by atoms with Gasteiger partial charge in [-0.25, -0.2) is 22.6 Å². The van der Waals surface area contributed by atoms with Crippen LogP contribution in [0, 0.1) is 12.7 Å². The van der Waals surface area contributed by atoms with Crippen LogP contribution < -0.4 is 15.4 Å². The van der Waals surface area contributed by atoms with Gasteiger partial charge in [-0.1, -0.05) is 29.0 Å². The minimum absolute atomic E-state index is 0.150. The minimum Gasteiger partial charge on any atom is -0.308 e. The maximum absolute atomic E-state index is 13.0. The molecule has 0 unspecified atom stereocenters. The number of aryl methyl sites for hydroxylation is 1. The standard InChI is InChI=1S/C21H17FN4O3S2/c1-13-2-9-17(10-3-13)31(28,29)26-21-25-18-12-16(8-11-19(18)30-21)24-20(27)23-15-6-4-14(22)5-7-15/h2-12H,1H3,(H,25,26)(H2,23,24,27). The molecule has 4 rings (SSSR count). The van der Waals surface area contributed by atoms with Crippen LogP contribution in [0.4, 0.5) is 25.7 Å². The average molecular weight is 457 g/mol. The molecule has 0 aliphatic rings. The SMILES string of the molecule is Cc1ccc(S(=O)(=O)Nc2nc3cc(NC(=O)Nc4ccc(F)cc4)ccc3s2)cc1. The fourth-order valence-corrected chi connectivity index (χ4v) is 4.85. The molecule has 2 amide bonds. The highest BCUT2D eigenvalue weighted by Crippen LogP contribution is 2.29. The van der Waals surface area contributed by atoms with Gasteiger partial charge >= 0.3 is 6.03 Å². The number of urea groups is 1. The Bertz CT molecular complexity index is 1350. The van der Waals surface area contributed by atoms with Gasteiger partial charge in [0.2, 0.25) is 0 Å². The van der Waals surface area contributed by atoms with Gasteiger partial charge < -0.3 is 10.6 Å². The van der Waals surface area contributed by atoms with Crippen LogP contribution in [0.25, 0.3) is 10.2 Å². The van der Waals surface area contributed by atoms with E-state index in [1.54, 1.807) is 30.3 Å². The van der Waals surface area contributed by atoms with Crippen LogP contribution in [-0.4, -0.2) is 19.4 Å². The first kappa shape index (κ1) is 20.8. The smallest absolute Gasteiger partial charge is 0.308 e. The van der Waals surface area contributed by atoms with Crippen molar-refractivity contribution in [3.05, 3.63) is 78.1 Å². The predicted octanol–water partition coefficient (Wildman–Crippen LogP) is 5.19. The van der Waals surface area contributed by atoms with Crippen molar-refractivity contribution < 1.29 is 17.6 Å². The molecule has 158 valence electrons. The van der Waals surface area contributed by atoms with Crippen molar-refractivity contribution in [3.8, 4) is 0 Å². The fraction of sp³-hybridized carbons (Fsp3) is 0.0476. The number of fused-ring (bicyclic) bond motifs is 1. The Morgan fingerprint density at radius 3 is 2.29 bits per heavy atom. The number of aromatic nitrogens is 1. The van der Waals surface area contributed by atoms with Gasteiger partial charge in [0.25, 0.3) is 10.0 Å². The topological polar surface area (TPSA) is 100 Å². The predicted molar refractivity (Wildman–Crippen MR) is 121 cm³/mol. The number of sulfonamides is 1. The number of halogens is 1. The molecule has 0 atom stereocenters. The number of nitrogens with one attached hydrogen (secondary N) is 3. The molecule has 0 radical (unpaired) electrons. The maximum atomic E-state index is 13.0. The van der Waals surface area contributed by atoms with E-state index in [1.165, 1.54) is 47.7 Å². The van der Waals surface area contributed by atoms with Gasteiger partial charge in [-0.3, -0.25) is 4.72 Å². The molecule has 0 bridgehead atoms. The molecule has 10 heteroatoms. The molecule has 0 saturated heterocycles. The summed E-state index contributed by atoms with van der Waals surface area (Å²) < 4.78 is 41.3. The summed E-state index contributed by atoms with van der Waals surface area (Å²) in [4.78, 5) is 16.6. The number of thiazole rings is 1. The van der Waals surface area contributed by atoms with E-state index in [0.717, 1.165) is 10.3 Å². The highest BCUT2D eigenvalue weighted by molar-refractivity contribution is 7.93. The summed E-state index contributed by atoms with van der Waals surface area (Å²) in [5, 5.41) is 5.49. The second-order valence-corrected chi connectivity index (χ2v) is 9.42. The van der Waals surface area contributed by atoms with Crippen molar-refractivity contribution in [1.82, 2.24) is 4.98 Å². The van der Waals surface area contributed by atoms with Gasteiger partial charge in [0, 0.05) is 11.4 Å². The summed E-state index contributed by atoms with van der Waals surface area (Å²) in [5.41, 5.74) is 2.42. The van der Waals surface area contributed by atoms with Gasteiger partial charge in [0.15, 0.2) is 5.13 Å². The number of carbonyl (C=O) groups is 1. The van der Waals surface area contributed by atoms with Crippen LogP contribution in [0.1, 0.15) is 5.56 Å². The lowest BCUT2D eigenvalue weighted by atomic mass is 10.2. The molecule has 3 N–H and O–H groups in total. The number of benzene rings is 3.